The summed E-state index contributed by atoms with van der Waals surface area (Å²) in [7, 11) is 3.13. The second kappa shape index (κ2) is 9.76. The van der Waals surface area contributed by atoms with Gasteiger partial charge in [-0.1, -0.05) is 24.3 Å². The summed E-state index contributed by atoms with van der Waals surface area (Å²) >= 11 is 0. The van der Waals surface area contributed by atoms with Gasteiger partial charge in [-0.05, 0) is 32.0 Å². The Labute approximate surface area is 173 Å². The number of carbonyl (C=O) groups excluding carboxylic acids is 1. The first-order chi connectivity index (χ1) is 14.0. The largest absolute Gasteiger partial charge is 0.493 e. The molecule has 1 aliphatic rings. The van der Waals surface area contributed by atoms with Crippen molar-refractivity contribution in [2.45, 2.75) is 26.4 Å². The van der Waals surface area contributed by atoms with Crippen molar-refractivity contribution in [1.29, 1.82) is 0 Å². The minimum absolute atomic E-state index is 0.414. The lowest BCUT2D eigenvalue weighted by atomic mass is 10.1. The fraction of sp³-hybridized carbons (Fsp3) is 0.435. The molecule has 0 atom stereocenters. The van der Waals surface area contributed by atoms with Crippen molar-refractivity contribution < 1.29 is 19.0 Å². The van der Waals surface area contributed by atoms with Gasteiger partial charge in [-0.15, -0.1) is 0 Å². The molecule has 156 valence electrons. The standard InChI is InChI=1S/C23H30N2O4/c1-17(2)25-14-12-24(13-15-25)16-19-10-11-20(27-3)22(28-4)21(19)29-23(26)18-8-6-5-7-9-18/h5-11,17H,12-16H2,1-4H3. The first-order valence-corrected chi connectivity index (χ1v) is 10.0. The average molecular weight is 399 g/mol. The number of piperazine rings is 1. The van der Waals surface area contributed by atoms with Gasteiger partial charge in [-0.2, -0.15) is 0 Å². The van der Waals surface area contributed by atoms with Gasteiger partial charge in [0.1, 0.15) is 0 Å². The number of esters is 1. The molecular formula is C23H30N2O4. The molecule has 29 heavy (non-hydrogen) atoms. The van der Waals surface area contributed by atoms with Crippen LogP contribution in [0.1, 0.15) is 29.8 Å². The molecule has 1 aliphatic heterocycles. The van der Waals surface area contributed by atoms with Crippen LogP contribution in [0.5, 0.6) is 17.2 Å². The van der Waals surface area contributed by atoms with Crippen LogP contribution in [-0.4, -0.2) is 62.2 Å². The molecule has 1 heterocycles. The highest BCUT2D eigenvalue weighted by molar-refractivity contribution is 5.91. The second-order valence-corrected chi connectivity index (χ2v) is 7.45. The zero-order valence-electron chi connectivity index (χ0n) is 17.7. The normalized spacial score (nSPS) is 15.3. The first kappa shape index (κ1) is 21.1. The molecular weight excluding hydrogens is 368 g/mol. The highest BCUT2D eigenvalue weighted by Gasteiger charge is 2.24. The summed E-state index contributed by atoms with van der Waals surface area (Å²) in [6.07, 6.45) is 0. The molecule has 0 N–H and O–H groups in total. The van der Waals surface area contributed by atoms with Crippen LogP contribution in [0.2, 0.25) is 0 Å². The number of nitrogens with zero attached hydrogens (tertiary/aromatic N) is 2. The SMILES string of the molecule is COc1ccc(CN2CCN(C(C)C)CC2)c(OC(=O)c2ccccc2)c1OC. The van der Waals surface area contributed by atoms with Crippen LogP contribution in [0, 0.1) is 0 Å². The van der Waals surface area contributed by atoms with E-state index in [0.29, 0.717) is 35.4 Å². The molecule has 0 aromatic heterocycles. The summed E-state index contributed by atoms with van der Waals surface area (Å²) in [5, 5.41) is 0. The molecule has 1 fully saturated rings. The summed E-state index contributed by atoms with van der Waals surface area (Å²) in [5.74, 6) is 0.988. The third-order valence-electron chi connectivity index (χ3n) is 5.32. The van der Waals surface area contributed by atoms with E-state index >= 15 is 0 Å². The Morgan fingerprint density at radius 2 is 1.62 bits per heavy atom. The third kappa shape index (κ3) is 5.08. The van der Waals surface area contributed by atoms with Crippen LogP contribution in [0.4, 0.5) is 0 Å². The Bertz CT molecular complexity index is 815. The highest BCUT2D eigenvalue weighted by atomic mass is 16.6. The van der Waals surface area contributed by atoms with E-state index in [2.05, 4.69) is 23.6 Å². The molecule has 2 aromatic rings. The maximum atomic E-state index is 12.7. The molecule has 6 nitrogen and oxygen atoms in total. The van der Waals surface area contributed by atoms with Crippen LogP contribution >= 0.6 is 0 Å². The van der Waals surface area contributed by atoms with Gasteiger partial charge in [0.25, 0.3) is 0 Å². The Morgan fingerprint density at radius 3 is 2.21 bits per heavy atom. The third-order valence-corrected chi connectivity index (χ3v) is 5.32. The zero-order valence-corrected chi connectivity index (χ0v) is 17.7. The van der Waals surface area contributed by atoms with Crippen LogP contribution in [0.3, 0.4) is 0 Å². The maximum absolute atomic E-state index is 12.7. The predicted octanol–water partition coefficient (Wildman–Crippen LogP) is 3.45. The smallest absolute Gasteiger partial charge is 0.343 e. The summed E-state index contributed by atoms with van der Waals surface area (Å²) in [5.41, 5.74) is 1.40. The van der Waals surface area contributed by atoms with Crippen LogP contribution in [-0.2, 0) is 6.54 Å². The molecule has 6 heteroatoms. The Hall–Kier alpha value is -2.57. The van der Waals surface area contributed by atoms with Crippen molar-refractivity contribution in [1.82, 2.24) is 9.80 Å². The molecule has 0 radical (unpaired) electrons. The van der Waals surface area contributed by atoms with E-state index in [9.17, 15) is 4.79 Å². The van der Waals surface area contributed by atoms with Crippen LogP contribution in [0.15, 0.2) is 42.5 Å². The summed E-state index contributed by atoms with van der Waals surface area (Å²) in [6.45, 7) is 9.14. The molecule has 1 saturated heterocycles. The number of carbonyl (C=O) groups is 1. The molecule has 0 amide bonds. The minimum Gasteiger partial charge on any atom is -0.493 e. The Kier molecular flexibility index (Phi) is 7.12. The average Bonchev–Trinajstić information content (AvgIpc) is 2.75. The fourth-order valence-corrected chi connectivity index (χ4v) is 3.58. The van der Waals surface area contributed by atoms with Gasteiger partial charge in [0.2, 0.25) is 5.75 Å². The highest BCUT2D eigenvalue weighted by Crippen LogP contribution is 2.41. The van der Waals surface area contributed by atoms with Gasteiger partial charge < -0.3 is 14.2 Å². The van der Waals surface area contributed by atoms with Gasteiger partial charge in [0.05, 0.1) is 19.8 Å². The van der Waals surface area contributed by atoms with E-state index in [-0.39, 0.29) is 0 Å². The number of hydrogen-bond donors (Lipinski definition) is 0. The van der Waals surface area contributed by atoms with E-state index in [0.717, 1.165) is 31.7 Å². The van der Waals surface area contributed by atoms with Crippen molar-refractivity contribution in [2.24, 2.45) is 0 Å². The van der Waals surface area contributed by atoms with E-state index in [1.807, 2.05) is 30.3 Å². The maximum Gasteiger partial charge on any atom is 0.343 e. The van der Waals surface area contributed by atoms with Crippen molar-refractivity contribution in [3.05, 3.63) is 53.6 Å². The number of rotatable bonds is 7. The van der Waals surface area contributed by atoms with E-state index in [1.54, 1.807) is 26.4 Å². The first-order valence-electron chi connectivity index (χ1n) is 10.0. The van der Waals surface area contributed by atoms with Crippen molar-refractivity contribution >= 4 is 5.97 Å². The molecule has 3 rings (SSSR count). The summed E-state index contributed by atoms with van der Waals surface area (Å²) < 4.78 is 16.8. The van der Waals surface area contributed by atoms with E-state index in [4.69, 9.17) is 14.2 Å². The number of hydrogen-bond acceptors (Lipinski definition) is 6. The Morgan fingerprint density at radius 1 is 0.931 bits per heavy atom. The van der Waals surface area contributed by atoms with Crippen molar-refractivity contribution in [3.63, 3.8) is 0 Å². The molecule has 2 aromatic carbocycles. The minimum atomic E-state index is -0.414. The summed E-state index contributed by atoms with van der Waals surface area (Å²) in [4.78, 5) is 17.6. The number of benzene rings is 2. The predicted molar refractivity (Wildman–Crippen MR) is 113 cm³/mol. The van der Waals surface area contributed by atoms with Crippen LogP contribution in [0.25, 0.3) is 0 Å². The van der Waals surface area contributed by atoms with Crippen molar-refractivity contribution in [2.75, 3.05) is 40.4 Å². The quantitative estimate of drug-likeness (QED) is 0.526. The van der Waals surface area contributed by atoms with Crippen LogP contribution < -0.4 is 14.2 Å². The molecule has 0 spiro atoms. The topological polar surface area (TPSA) is 51.2 Å². The lowest BCUT2D eigenvalue weighted by Gasteiger charge is -2.37. The molecule has 0 unspecified atom stereocenters. The van der Waals surface area contributed by atoms with Crippen molar-refractivity contribution in [3.8, 4) is 17.2 Å². The Balaban J connectivity index is 1.84. The lowest BCUT2D eigenvalue weighted by molar-refractivity contribution is 0.0721. The number of methoxy groups -OCH3 is 2. The monoisotopic (exact) mass is 398 g/mol. The van der Waals surface area contributed by atoms with E-state index < -0.39 is 5.97 Å². The molecule has 0 saturated carbocycles. The van der Waals surface area contributed by atoms with E-state index in [1.165, 1.54) is 0 Å². The summed E-state index contributed by atoms with van der Waals surface area (Å²) in [6, 6.07) is 13.3. The number of ether oxygens (including phenoxy) is 3. The zero-order chi connectivity index (χ0) is 20.8. The van der Waals surface area contributed by atoms with Gasteiger partial charge in [-0.3, -0.25) is 9.80 Å². The second-order valence-electron chi connectivity index (χ2n) is 7.45. The molecule has 0 aliphatic carbocycles. The van der Waals surface area contributed by atoms with Gasteiger partial charge in [0.15, 0.2) is 11.5 Å². The molecule has 0 bridgehead atoms. The van der Waals surface area contributed by atoms with Gasteiger partial charge >= 0.3 is 5.97 Å². The van der Waals surface area contributed by atoms with Gasteiger partial charge in [-0.25, -0.2) is 4.79 Å². The lowest BCUT2D eigenvalue weighted by Crippen LogP contribution is -2.48. The van der Waals surface area contributed by atoms with Gasteiger partial charge in [0, 0.05) is 44.3 Å². The fourth-order valence-electron chi connectivity index (χ4n) is 3.58.